The predicted octanol–water partition coefficient (Wildman–Crippen LogP) is 2.42. The van der Waals surface area contributed by atoms with Crippen LogP contribution in [0.15, 0.2) is 28.9 Å². The van der Waals surface area contributed by atoms with Gasteiger partial charge in [-0.05, 0) is 27.0 Å². The number of likely N-dealkylation sites (N-methyl/N-ethyl adjacent to an activating group) is 1. The van der Waals surface area contributed by atoms with Gasteiger partial charge in [0.1, 0.15) is 5.76 Å². The van der Waals surface area contributed by atoms with Crippen LogP contribution in [0, 0.1) is 6.92 Å². The Morgan fingerprint density at radius 2 is 2.33 bits per heavy atom. The molecule has 0 aromatic carbocycles. The molecule has 0 saturated heterocycles. The molecule has 0 amide bonds. The van der Waals surface area contributed by atoms with E-state index in [0.717, 1.165) is 11.3 Å². The molecule has 0 saturated carbocycles. The number of hydrogen-bond acceptors (Lipinski definition) is 2. The third-order valence-electron chi connectivity index (χ3n) is 1.99. The fraction of sp³-hybridized carbons (Fsp3) is 0.400. The maximum absolute atomic E-state index is 5.22. The van der Waals surface area contributed by atoms with Gasteiger partial charge in [-0.1, -0.05) is 12.2 Å². The lowest BCUT2D eigenvalue weighted by molar-refractivity contribution is 0.522. The molecule has 0 aliphatic heterocycles. The van der Waals surface area contributed by atoms with Crippen molar-refractivity contribution in [2.45, 2.75) is 19.9 Å². The molecular formula is C10H15NO. The van der Waals surface area contributed by atoms with E-state index in [1.54, 1.807) is 6.26 Å². The lowest BCUT2D eigenvalue weighted by atomic mass is 10.0. The lowest BCUT2D eigenvalue weighted by Gasteiger charge is -2.14. The number of aryl methyl sites for hydroxylation is 1. The molecule has 66 valence electrons. The van der Waals surface area contributed by atoms with Crippen LogP contribution in [0.25, 0.3) is 0 Å². The van der Waals surface area contributed by atoms with Gasteiger partial charge >= 0.3 is 0 Å². The zero-order valence-corrected chi connectivity index (χ0v) is 7.85. The second-order valence-electron chi connectivity index (χ2n) is 3.00. The van der Waals surface area contributed by atoms with Crippen LogP contribution >= 0.6 is 0 Å². The average Bonchev–Trinajstić information content (AvgIpc) is 2.38. The minimum atomic E-state index is 0.212. The van der Waals surface area contributed by atoms with Crippen molar-refractivity contribution >= 4 is 0 Å². The first-order chi connectivity index (χ1) is 5.66. The molecule has 0 spiro atoms. The van der Waals surface area contributed by atoms with Crippen LogP contribution in [0.5, 0.6) is 0 Å². The van der Waals surface area contributed by atoms with Gasteiger partial charge < -0.3 is 9.73 Å². The standard InChI is InChI=1S/C10H15NO/c1-7(2)10(11-4)9-5-6-12-8(9)3/h5-6,10-11H,1H2,2-4H3. The third-order valence-corrected chi connectivity index (χ3v) is 1.99. The van der Waals surface area contributed by atoms with Crippen LogP contribution in [0.1, 0.15) is 24.3 Å². The fourth-order valence-corrected chi connectivity index (χ4v) is 1.36. The molecule has 1 aromatic rings. The molecule has 1 rings (SSSR count). The molecule has 0 aliphatic rings. The van der Waals surface area contributed by atoms with Crippen LogP contribution < -0.4 is 5.32 Å². The summed E-state index contributed by atoms with van der Waals surface area (Å²) in [5, 5.41) is 3.19. The Kier molecular flexibility index (Phi) is 2.71. The second kappa shape index (κ2) is 3.59. The summed E-state index contributed by atoms with van der Waals surface area (Å²) in [7, 11) is 1.92. The monoisotopic (exact) mass is 165 g/mol. The number of hydrogen-bond donors (Lipinski definition) is 1. The molecule has 2 heteroatoms. The summed E-state index contributed by atoms with van der Waals surface area (Å²) in [6.07, 6.45) is 1.71. The van der Waals surface area contributed by atoms with Gasteiger partial charge in [0.05, 0.1) is 12.3 Å². The molecule has 1 atom stereocenters. The van der Waals surface area contributed by atoms with E-state index in [1.807, 2.05) is 27.0 Å². The molecule has 2 nitrogen and oxygen atoms in total. The van der Waals surface area contributed by atoms with Crippen LogP contribution in [-0.4, -0.2) is 7.05 Å². The Hall–Kier alpha value is -1.02. The Bertz CT molecular complexity index is 275. The highest BCUT2D eigenvalue weighted by Crippen LogP contribution is 2.23. The lowest BCUT2D eigenvalue weighted by Crippen LogP contribution is -2.17. The highest BCUT2D eigenvalue weighted by Gasteiger charge is 2.13. The molecule has 0 fully saturated rings. The minimum absolute atomic E-state index is 0.212. The quantitative estimate of drug-likeness (QED) is 0.696. The van der Waals surface area contributed by atoms with E-state index < -0.39 is 0 Å². The van der Waals surface area contributed by atoms with Crippen molar-refractivity contribution in [3.63, 3.8) is 0 Å². The molecular weight excluding hydrogens is 150 g/mol. The van der Waals surface area contributed by atoms with E-state index >= 15 is 0 Å². The van der Waals surface area contributed by atoms with Crippen LogP contribution in [0.4, 0.5) is 0 Å². The van der Waals surface area contributed by atoms with Crippen molar-refractivity contribution in [2.24, 2.45) is 0 Å². The maximum Gasteiger partial charge on any atom is 0.105 e. The molecule has 1 aromatic heterocycles. The van der Waals surface area contributed by atoms with Gasteiger partial charge in [0.25, 0.3) is 0 Å². The normalized spacial score (nSPS) is 12.9. The topological polar surface area (TPSA) is 25.2 Å². The van der Waals surface area contributed by atoms with Gasteiger partial charge in [-0.25, -0.2) is 0 Å². The maximum atomic E-state index is 5.22. The number of rotatable bonds is 3. The molecule has 1 N–H and O–H groups in total. The number of furan rings is 1. The van der Waals surface area contributed by atoms with Gasteiger partial charge in [0.2, 0.25) is 0 Å². The van der Waals surface area contributed by atoms with E-state index in [2.05, 4.69) is 11.9 Å². The Balaban J connectivity index is 2.94. The summed E-state index contributed by atoms with van der Waals surface area (Å²) in [5.74, 6) is 0.956. The summed E-state index contributed by atoms with van der Waals surface area (Å²) in [6.45, 7) is 7.89. The highest BCUT2D eigenvalue weighted by atomic mass is 16.3. The second-order valence-corrected chi connectivity index (χ2v) is 3.00. The Labute approximate surface area is 73.3 Å². The van der Waals surface area contributed by atoms with Gasteiger partial charge in [-0.3, -0.25) is 0 Å². The van der Waals surface area contributed by atoms with E-state index in [0.29, 0.717) is 0 Å². The summed E-state index contributed by atoms with van der Waals surface area (Å²) in [4.78, 5) is 0. The van der Waals surface area contributed by atoms with Crippen molar-refractivity contribution in [1.29, 1.82) is 0 Å². The van der Waals surface area contributed by atoms with E-state index in [9.17, 15) is 0 Å². The Morgan fingerprint density at radius 1 is 1.67 bits per heavy atom. The van der Waals surface area contributed by atoms with Crippen molar-refractivity contribution in [3.05, 3.63) is 35.8 Å². The minimum Gasteiger partial charge on any atom is -0.469 e. The first kappa shape index (κ1) is 9.07. The molecule has 0 bridgehead atoms. The molecule has 1 unspecified atom stereocenters. The van der Waals surface area contributed by atoms with Crippen molar-refractivity contribution in [1.82, 2.24) is 5.32 Å². The van der Waals surface area contributed by atoms with Crippen LogP contribution in [0.3, 0.4) is 0 Å². The average molecular weight is 165 g/mol. The smallest absolute Gasteiger partial charge is 0.105 e. The van der Waals surface area contributed by atoms with Gasteiger partial charge in [0, 0.05) is 5.56 Å². The van der Waals surface area contributed by atoms with Crippen LogP contribution in [0.2, 0.25) is 0 Å². The van der Waals surface area contributed by atoms with Crippen molar-refractivity contribution in [3.8, 4) is 0 Å². The number of nitrogens with one attached hydrogen (secondary N) is 1. The van der Waals surface area contributed by atoms with Crippen LogP contribution in [-0.2, 0) is 0 Å². The van der Waals surface area contributed by atoms with E-state index in [1.165, 1.54) is 5.56 Å². The molecule has 12 heavy (non-hydrogen) atoms. The van der Waals surface area contributed by atoms with Crippen molar-refractivity contribution in [2.75, 3.05) is 7.05 Å². The van der Waals surface area contributed by atoms with E-state index in [4.69, 9.17) is 4.42 Å². The largest absolute Gasteiger partial charge is 0.469 e. The summed E-state index contributed by atoms with van der Waals surface area (Å²) < 4.78 is 5.22. The molecule has 1 heterocycles. The van der Waals surface area contributed by atoms with Gasteiger partial charge in [-0.2, -0.15) is 0 Å². The zero-order valence-electron chi connectivity index (χ0n) is 7.85. The molecule has 0 radical (unpaired) electrons. The first-order valence-electron chi connectivity index (χ1n) is 4.03. The zero-order chi connectivity index (χ0) is 9.14. The Morgan fingerprint density at radius 3 is 2.67 bits per heavy atom. The van der Waals surface area contributed by atoms with Crippen molar-refractivity contribution < 1.29 is 4.42 Å². The highest BCUT2D eigenvalue weighted by molar-refractivity contribution is 5.27. The molecule has 0 aliphatic carbocycles. The van der Waals surface area contributed by atoms with E-state index in [-0.39, 0.29) is 6.04 Å². The summed E-state index contributed by atoms with van der Waals surface area (Å²) in [5.41, 5.74) is 2.27. The summed E-state index contributed by atoms with van der Waals surface area (Å²) >= 11 is 0. The first-order valence-corrected chi connectivity index (χ1v) is 4.03. The predicted molar refractivity (Wildman–Crippen MR) is 50.1 cm³/mol. The SMILES string of the molecule is C=C(C)C(NC)c1ccoc1C. The fourth-order valence-electron chi connectivity index (χ4n) is 1.36. The third kappa shape index (κ3) is 1.59. The van der Waals surface area contributed by atoms with Gasteiger partial charge in [0.15, 0.2) is 0 Å². The van der Waals surface area contributed by atoms with Gasteiger partial charge in [-0.15, -0.1) is 0 Å². The summed E-state index contributed by atoms with van der Waals surface area (Å²) in [6, 6.07) is 2.19.